The average molecular weight is 401 g/mol. The monoisotopic (exact) mass is 400 g/mol. The molecule has 2 heterocycles. The molecule has 0 radical (unpaired) electrons. The van der Waals surface area contributed by atoms with Crippen molar-refractivity contribution in [3.8, 4) is 11.5 Å². The third kappa shape index (κ3) is 4.48. The molecule has 1 fully saturated rings. The van der Waals surface area contributed by atoms with Gasteiger partial charge in [-0.3, -0.25) is 0 Å². The summed E-state index contributed by atoms with van der Waals surface area (Å²) in [6, 6.07) is 3.86. The summed E-state index contributed by atoms with van der Waals surface area (Å²) >= 11 is 6.31. The molecule has 1 aromatic carbocycles. The largest absolute Gasteiger partial charge is 0.504 e. The number of aryl methyl sites for hydroxylation is 1. The molecule has 1 aromatic heterocycles. The zero-order valence-electron chi connectivity index (χ0n) is 14.5. The Kier molecular flexibility index (Phi) is 5.81. The van der Waals surface area contributed by atoms with Crippen molar-refractivity contribution in [2.45, 2.75) is 26.0 Å². The van der Waals surface area contributed by atoms with Crippen LogP contribution in [0.3, 0.4) is 0 Å². The number of nitrogen functional groups attached to an aromatic ring is 1. The first-order valence-electron chi connectivity index (χ1n) is 8.28. The van der Waals surface area contributed by atoms with Gasteiger partial charge in [0.2, 0.25) is 5.95 Å². The average Bonchev–Trinajstić information content (AvgIpc) is 2.82. The highest BCUT2D eigenvalue weighted by molar-refractivity contribution is 6.31. The molecule has 1 saturated heterocycles. The third-order valence-electron chi connectivity index (χ3n) is 4.15. The Hall–Kier alpha value is -2.39. The van der Waals surface area contributed by atoms with Gasteiger partial charge in [-0.05, 0) is 25.0 Å². The van der Waals surface area contributed by atoms with E-state index >= 15 is 0 Å². The summed E-state index contributed by atoms with van der Waals surface area (Å²) in [6.45, 7) is 0.162. The van der Waals surface area contributed by atoms with E-state index in [1.165, 1.54) is 12.1 Å². The van der Waals surface area contributed by atoms with Crippen LogP contribution in [-0.4, -0.2) is 41.4 Å². The smallest absolute Gasteiger partial charge is 0.387 e. The van der Waals surface area contributed by atoms with Crippen molar-refractivity contribution in [3.05, 3.63) is 34.5 Å². The number of aromatic hydroxyl groups is 1. The molecule has 0 spiro atoms. The normalized spacial score (nSPS) is 17.8. The molecule has 0 amide bonds. The number of benzene rings is 1. The van der Waals surface area contributed by atoms with Gasteiger partial charge in [-0.1, -0.05) is 11.6 Å². The molecule has 0 aliphatic carbocycles. The van der Waals surface area contributed by atoms with E-state index in [9.17, 15) is 13.9 Å². The maximum absolute atomic E-state index is 12.5. The van der Waals surface area contributed by atoms with Gasteiger partial charge < -0.3 is 25.2 Å². The Labute approximate surface area is 159 Å². The Morgan fingerprint density at radius 1 is 1.37 bits per heavy atom. The number of phenolic OH excluding ortho intramolecular Hbond substituents is 1. The summed E-state index contributed by atoms with van der Waals surface area (Å²) in [5, 5.41) is 10.3. The third-order valence-corrected chi connectivity index (χ3v) is 4.47. The molecule has 1 aliphatic rings. The van der Waals surface area contributed by atoms with Crippen LogP contribution in [0.1, 0.15) is 23.7 Å². The van der Waals surface area contributed by atoms with Crippen molar-refractivity contribution in [2.24, 2.45) is 0 Å². The predicted octanol–water partition coefficient (Wildman–Crippen LogP) is 3.30. The van der Waals surface area contributed by atoms with Crippen LogP contribution in [0.25, 0.3) is 0 Å². The summed E-state index contributed by atoms with van der Waals surface area (Å²) < 4.78 is 34.9. The van der Waals surface area contributed by atoms with Gasteiger partial charge in [0.1, 0.15) is 5.82 Å². The first-order chi connectivity index (χ1) is 12.8. The molecule has 27 heavy (non-hydrogen) atoms. The highest BCUT2D eigenvalue weighted by Gasteiger charge is 2.28. The van der Waals surface area contributed by atoms with E-state index in [2.05, 4.69) is 14.7 Å². The zero-order chi connectivity index (χ0) is 19.6. The standard InChI is InChI=1S/C17H19ClF2N4O3/c1-9-5-15(23-17(21)22-9)24-3-2-4-26-8-12(24)10-6-13(25)14(7-11(10)18)27-16(19)20/h5-7,12,16,25H,2-4,8H2,1H3,(H2,21,22,23)/t12-/m0/s1. The number of anilines is 2. The van der Waals surface area contributed by atoms with Gasteiger partial charge >= 0.3 is 6.61 Å². The second-order valence-electron chi connectivity index (χ2n) is 6.08. The minimum absolute atomic E-state index is 0.142. The fourth-order valence-electron chi connectivity index (χ4n) is 3.04. The number of halogens is 3. The Balaban J connectivity index is 2.02. The maximum atomic E-state index is 12.5. The molecule has 3 rings (SSSR count). The SMILES string of the molecule is Cc1cc(N2CCCOC[C@H]2c2cc(O)c(OC(F)F)cc2Cl)nc(N)n1. The molecular formula is C17H19ClF2N4O3. The second-order valence-corrected chi connectivity index (χ2v) is 6.49. The molecule has 0 bridgehead atoms. The second kappa shape index (κ2) is 8.10. The minimum Gasteiger partial charge on any atom is -0.504 e. The molecule has 0 saturated carbocycles. The first kappa shape index (κ1) is 19.4. The summed E-state index contributed by atoms with van der Waals surface area (Å²) in [4.78, 5) is 10.3. The van der Waals surface area contributed by atoms with Crippen LogP contribution < -0.4 is 15.4 Å². The van der Waals surface area contributed by atoms with E-state index in [0.717, 1.165) is 6.42 Å². The molecule has 1 aliphatic heterocycles. The van der Waals surface area contributed by atoms with E-state index in [4.69, 9.17) is 22.1 Å². The lowest BCUT2D eigenvalue weighted by atomic mass is 10.0. The number of nitrogens with two attached hydrogens (primary N) is 1. The van der Waals surface area contributed by atoms with Gasteiger partial charge in [-0.15, -0.1) is 0 Å². The van der Waals surface area contributed by atoms with Crippen molar-refractivity contribution >= 4 is 23.4 Å². The van der Waals surface area contributed by atoms with Crippen LogP contribution in [0.4, 0.5) is 20.5 Å². The summed E-state index contributed by atoms with van der Waals surface area (Å²) in [6.07, 6.45) is 0.746. The van der Waals surface area contributed by atoms with Crippen LogP contribution in [0.15, 0.2) is 18.2 Å². The highest BCUT2D eigenvalue weighted by Crippen LogP contribution is 2.39. The molecule has 146 valence electrons. The van der Waals surface area contributed by atoms with Crippen molar-refractivity contribution in [1.29, 1.82) is 0 Å². The summed E-state index contributed by atoms with van der Waals surface area (Å²) in [5.41, 5.74) is 6.99. The maximum Gasteiger partial charge on any atom is 0.387 e. The van der Waals surface area contributed by atoms with Crippen molar-refractivity contribution in [2.75, 3.05) is 30.4 Å². The van der Waals surface area contributed by atoms with Gasteiger partial charge in [-0.2, -0.15) is 13.8 Å². The first-order valence-corrected chi connectivity index (χ1v) is 8.65. The van der Waals surface area contributed by atoms with Gasteiger partial charge in [0, 0.05) is 36.0 Å². The molecular weight excluding hydrogens is 382 g/mol. The number of ether oxygens (including phenoxy) is 2. The zero-order valence-corrected chi connectivity index (χ0v) is 15.3. The Bertz CT molecular complexity index is 805. The molecule has 2 aromatic rings. The van der Waals surface area contributed by atoms with E-state index in [0.29, 0.717) is 30.2 Å². The number of phenols is 1. The fourth-order valence-corrected chi connectivity index (χ4v) is 3.32. The number of nitrogens with zero attached hydrogens (tertiary/aromatic N) is 3. The Morgan fingerprint density at radius 2 is 2.15 bits per heavy atom. The van der Waals surface area contributed by atoms with Gasteiger partial charge in [0.15, 0.2) is 11.5 Å². The lowest BCUT2D eigenvalue weighted by Crippen LogP contribution is -2.32. The predicted molar refractivity (Wildman–Crippen MR) is 96.5 cm³/mol. The number of hydrogen-bond donors (Lipinski definition) is 2. The molecule has 3 N–H and O–H groups in total. The topological polar surface area (TPSA) is 93.7 Å². The fraction of sp³-hybridized carbons (Fsp3) is 0.412. The van der Waals surface area contributed by atoms with E-state index in [-0.39, 0.29) is 23.3 Å². The van der Waals surface area contributed by atoms with Crippen molar-refractivity contribution in [3.63, 3.8) is 0 Å². The van der Waals surface area contributed by atoms with Crippen molar-refractivity contribution in [1.82, 2.24) is 9.97 Å². The number of hydrogen-bond acceptors (Lipinski definition) is 7. The number of rotatable bonds is 4. The quantitative estimate of drug-likeness (QED) is 0.813. The van der Waals surface area contributed by atoms with Crippen LogP contribution in [-0.2, 0) is 4.74 Å². The van der Waals surface area contributed by atoms with E-state index in [1.807, 2.05) is 4.90 Å². The van der Waals surface area contributed by atoms with E-state index < -0.39 is 18.4 Å². The van der Waals surface area contributed by atoms with Crippen LogP contribution in [0.5, 0.6) is 11.5 Å². The van der Waals surface area contributed by atoms with Gasteiger partial charge in [0.05, 0.1) is 12.6 Å². The molecule has 7 nitrogen and oxygen atoms in total. The van der Waals surface area contributed by atoms with Gasteiger partial charge in [0.25, 0.3) is 0 Å². The van der Waals surface area contributed by atoms with Crippen LogP contribution in [0, 0.1) is 6.92 Å². The lowest BCUT2D eigenvalue weighted by Gasteiger charge is -2.31. The van der Waals surface area contributed by atoms with Crippen LogP contribution in [0.2, 0.25) is 5.02 Å². The number of aromatic nitrogens is 2. The minimum atomic E-state index is -3.07. The summed E-state index contributed by atoms with van der Waals surface area (Å²) in [7, 11) is 0. The molecule has 10 heteroatoms. The van der Waals surface area contributed by atoms with Crippen molar-refractivity contribution < 1.29 is 23.4 Å². The lowest BCUT2D eigenvalue weighted by molar-refractivity contribution is -0.0512. The molecule has 1 atom stereocenters. The van der Waals surface area contributed by atoms with E-state index in [1.54, 1.807) is 13.0 Å². The Morgan fingerprint density at radius 3 is 2.85 bits per heavy atom. The number of alkyl halides is 2. The summed E-state index contributed by atoms with van der Waals surface area (Å²) in [5.74, 6) is -0.0817. The van der Waals surface area contributed by atoms with Gasteiger partial charge in [-0.25, -0.2) is 4.98 Å². The highest BCUT2D eigenvalue weighted by atomic mass is 35.5. The van der Waals surface area contributed by atoms with Crippen LogP contribution >= 0.6 is 11.6 Å². The molecule has 0 unspecified atom stereocenters.